The number of nitrogens with one attached hydrogen (secondary N) is 1. The number of ether oxygens (including phenoxy) is 1. The van der Waals surface area contributed by atoms with Gasteiger partial charge < -0.3 is 22.8 Å². The van der Waals surface area contributed by atoms with E-state index in [1.807, 2.05) is 0 Å². The Balaban J connectivity index is 2.04. The molecule has 0 aliphatic rings. The fourth-order valence-corrected chi connectivity index (χ4v) is 3.74. The minimum absolute atomic E-state index is 0.218. The van der Waals surface area contributed by atoms with E-state index in [1.165, 1.54) is 19.5 Å². The predicted molar refractivity (Wildman–Crippen MR) is 122 cm³/mol. The highest BCUT2D eigenvalue weighted by atomic mass is 35.5. The van der Waals surface area contributed by atoms with Gasteiger partial charge in [0.05, 0.1) is 22.8 Å². The molecule has 1 heterocycles. The van der Waals surface area contributed by atoms with Gasteiger partial charge in [-0.05, 0) is 48.4 Å². The molecule has 162 valence electrons. The summed E-state index contributed by atoms with van der Waals surface area (Å²) in [5, 5.41) is 3.17. The number of hydrogen-bond acceptors (Lipinski definition) is 7. The van der Waals surface area contributed by atoms with Crippen LogP contribution in [-0.2, 0) is 19.3 Å². The second-order valence-corrected chi connectivity index (χ2v) is 7.78. The van der Waals surface area contributed by atoms with Crippen molar-refractivity contribution in [2.75, 3.05) is 19.0 Å². The molecule has 1 aromatic heterocycles. The van der Waals surface area contributed by atoms with Crippen molar-refractivity contribution in [3.05, 3.63) is 70.5 Å². The first-order valence-corrected chi connectivity index (χ1v) is 10.9. The lowest BCUT2D eigenvalue weighted by molar-refractivity contribution is 0.102. The molecule has 2 aromatic carbocycles. The molecule has 1 amide bonds. The van der Waals surface area contributed by atoms with Gasteiger partial charge in [-0.15, -0.1) is 0 Å². The Morgan fingerprint density at radius 3 is 2.58 bits per heavy atom. The average molecular weight is 479 g/mol. The summed E-state index contributed by atoms with van der Waals surface area (Å²) in [5.74, 6) is 0.139. The average Bonchev–Trinajstić information content (AvgIpc) is 2.76. The number of rotatable bonds is 7. The maximum absolute atomic E-state index is 13.1. The molecule has 0 saturated carbocycles. The molecule has 7 nitrogen and oxygen atoms in total. The molecule has 31 heavy (non-hydrogen) atoms. The van der Waals surface area contributed by atoms with Crippen molar-refractivity contribution in [3.8, 4) is 16.9 Å². The van der Waals surface area contributed by atoms with Crippen molar-refractivity contribution in [2.45, 2.75) is 6.92 Å². The highest BCUT2D eigenvalue weighted by molar-refractivity contribution is 7.69. The van der Waals surface area contributed by atoms with Gasteiger partial charge in [-0.1, -0.05) is 46.2 Å². The number of anilines is 1. The number of hydrogen-bond donors (Lipinski definition) is 1. The van der Waals surface area contributed by atoms with Crippen LogP contribution < -0.4 is 10.1 Å². The van der Waals surface area contributed by atoms with Gasteiger partial charge in [-0.2, -0.15) is 0 Å². The second kappa shape index (κ2) is 10.6. The normalized spacial score (nSPS) is 11.9. The maximum atomic E-state index is 13.1. The van der Waals surface area contributed by atoms with Crippen LogP contribution >= 0.6 is 23.2 Å². The van der Waals surface area contributed by atoms with Gasteiger partial charge in [0.25, 0.3) is 5.91 Å². The Bertz CT molecular complexity index is 1180. The molecule has 10 heteroatoms. The van der Waals surface area contributed by atoms with Crippen molar-refractivity contribution in [2.24, 2.45) is 4.36 Å². The zero-order valence-corrected chi connectivity index (χ0v) is 18.9. The second-order valence-electron chi connectivity index (χ2n) is 6.11. The lowest BCUT2D eigenvalue weighted by Gasteiger charge is -2.14. The Kier molecular flexibility index (Phi) is 7.86. The molecule has 3 aromatic rings. The number of aromatic nitrogens is 1. The number of halogens is 2. The monoisotopic (exact) mass is 478 g/mol. The maximum Gasteiger partial charge on any atom is 0.256 e. The molecule has 0 aliphatic carbocycles. The number of pyridine rings is 1. The molecule has 0 unspecified atom stereocenters. The molecule has 3 rings (SSSR count). The van der Waals surface area contributed by atoms with Crippen molar-refractivity contribution < 1.29 is 17.9 Å². The summed E-state index contributed by atoms with van der Waals surface area (Å²) in [5.41, 5.74) is 2.32. The summed E-state index contributed by atoms with van der Waals surface area (Å²) in [6, 6.07) is 12.0. The molecule has 0 atom stereocenters. The molecule has 0 radical (unpaired) electrons. The summed E-state index contributed by atoms with van der Waals surface area (Å²) in [7, 11) is -0.268. The Morgan fingerprint density at radius 2 is 1.90 bits per heavy atom. The standard InChI is InChI=1S/C21H18Cl2N3O4S/c1-3-30-31(28)26-14-6-4-5-13(9-14)17-10-15(29-2)7-8-16(17)21(27)25-20-18(22)11-24-12-19(20)23/h4-12H,3H2,1-2H3,(H,24,25,27)/q-1. The van der Waals surface area contributed by atoms with Crippen molar-refractivity contribution >= 4 is 51.4 Å². The van der Waals surface area contributed by atoms with Gasteiger partial charge in [0.2, 0.25) is 0 Å². The lowest BCUT2D eigenvalue weighted by Crippen LogP contribution is -2.14. The van der Waals surface area contributed by atoms with Crippen molar-refractivity contribution in [3.63, 3.8) is 0 Å². The molecule has 0 fully saturated rings. The summed E-state index contributed by atoms with van der Waals surface area (Å²) in [6.07, 6.45) is 2.78. The number of amides is 1. The number of carbonyl (C=O) groups excluding carboxylic acids is 1. The molecule has 0 spiro atoms. The van der Waals surface area contributed by atoms with Gasteiger partial charge in [-0.25, -0.2) is 0 Å². The van der Waals surface area contributed by atoms with E-state index in [1.54, 1.807) is 49.4 Å². The van der Waals surface area contributed by atoms with Crippen molar-refractivity contribution in [1.29, 1.82) is 0 Å². The van der Waals surface area contributed by atoms with Gasteiger partial charge in [0.15, 0.2) is 0 Å². The Hall–Kier alpha value is -2.65. The number of carbonyl (C=O) groups is 1. The third kappa shape index (κ3) is 5.74. The smallest absolute Gasteiger partial charge is 0.256 e. The van der Waals surface area contributed by atoms with Crippen molar-refractivity contribution in [1.82, 2.24) is 4.98 Å². The van der Waals surface area contributed by atoms with Gasteiger partial charge in [-0.3, -0.25) is 9.78 Å². The number of methoxy groups -OCH3 is 1. The molecular weight excluding hydrogens is 461 g/mol. The van der Waals surface area contributed by atoms with E-state index < -0.39 is 16.8 Å². The quantitative estimate of drug-likeness (QED) is 0.417. The number of nitrogens with zero attached hydrogens (tertiary/aromatic N) is 2. The highest BCUT2D eigenvalue weighted by Crippen LogP contribution is 2.33. The fraction of sp³-hybridized carbons (Fsp3) is 0.143. The highest BCUT2D eigenvalue weighted by Gasteiger charge is 2.17. The van der Waals surface area contributed by atoms with E-state index in [2.05, 4.69) is 14.7 Å². The minimum atomic E-state index is -1.80. The van der Waals surface area contributed by atoms with E-state index >= 15 is 0 Å². The molecule has 0 bridgehead atoms. The SMILES string of the molecule is CCO[S-](=O)=Nc1cccc(-c2cc(OC)ccc2C(=O)Nc2c(Cl)cncc2Cl)c1. The first-order chi connectivity index (χ1) is 14.9. The van der Waals surface area contributed by atoms with Gasteiger partial charge in [0, 0.05) is 30.3 Å². The third-order valence-corrected chi connectivity index (χ3v) is 5.49. The summed E-state index contributed by atoms with van der Waals surface area (Å²) < 4.78 is 26.1. The molecule has 1 N–H and O–H groups in total. The van der Waals surface area contributed by atoms with E-state index in [9.17, 15) is 9.00 Å². The zero-order valence-electron chi connectivity index (χ0n) is 16.6. The molecule has 0 saturated heterocycles. The zero-order chi connectivity index (χ0) is 22.4. The van der Waals surface area contributed by atoms with E-state index in [0.29, 0.717) is 28.1 Å². The topological polar surface area (TPSA) is 89.9 Å². The van der Waals surface area contributed by atoms with Crippen LogP contribution in [0.3, 0.4) is 0 Å². The van der Waals surface area contributed by atoms with Gasteiger partial charge >= 0.3 is 0 Å². The first-order valence-electron chi connectivity index (χ1n) is 9.08. The summed E-state index contributed by atoms with van der Waals surface area (Å²) >= 11 is 12.3. The van der Waals surface area contributed by atoms with Crippen LogP contribution in [0.1, 0.15) is 17.3 Å². The fourth-order valence-electron chi connectivity index (χ4n) is 2.74. The largest absolute Gasteiger partial charge is 0.497 e. The van der Waals surface area contributed by atoms with Crippen LogP contribution in [0.4, 0.5) is 11.4 Å². The van der Waals surface area contributed by atoms with Crippen LogP contribution in [0, 0.1) is 0 Å². The predicted octanol–water partition coefficient (Wildman–Crippen LogP) is 6.05. The Labute approximate surface area is 191 Å². The van der Waals surface area contributed by atoms with E-state index in [0.717, 1.165) is 0 Å². The lowest BCUT2D eigenvalue weighted by atomic mass is 9.98. The van der Waals surface area contributed by atoms with Crippen LogP contribution in [-0.4, -0.2) is 24.6 Å². The van der Waals surface area contributed by atoms with Crippen LogP contribution in [0.25, 0.3) is 11.1 Å². The van der Waals surface area contributed by atoms with E-state index in [-0.39, 0.29) is 22.3 Å². The summed E-state index contributed by atoms with van der Waals surface area (Å²) in [6.45, 7) is 2.00. The van der Waals surface area contributed by atoms with Crippen LogP contribution in [0.5, 0.6) is 5.75 Å². The minimum Gasteiger partial charge on any atom is -0.497 e. The summed E-state index contributed by atoms with van der Waals surface area (Å²) in [4.78, 5) is 17.0. The van der Waals surface area contributed by atoms with Gasteiger partial charge in [0.1, 0.15) is 5.75 Å². The van der Waals surface area contributed by atoms with Crippen LogP contribution in [0.15, 0.2) is 59.2 Å². The first kappa shape index (κ1) is 23.0. The molecular formula is C21H18Cl2N3O4S-. The Morgan fingerprint density at radius 1 is 1.16 bits per heavy atom. The number of benzene rings is 2. The van der Waals surface area contributed by atoms with Crippen LogP contribution in [0.2, 0.25) is 10.0 Å². The molecule has 0 aliphatic heterocycles. The van der Waals surface area contributed by atoms with E-state index in [4.69, 9.17) is 32.1 Å². The third-order valence-electron chi connectivity index (χ3n) is 4.12.